The van der Waals surface area contributed by atoms with Crippen LogP contribution in [0.2, 0.25) is 0 Å². The monoisotopic (exact) mass is 550 g/mol. The molecule has 0 bridgehead atoms. The van der Waals surface area contributed by atoms with Crippen LogP contribution in [0.1, 0.15) is 55.3 Å². The van der Waals surface area contributed by atoms with Crippen LogP contribution in [-0.2, 0) is 29.3 Å². The Kier molecular flexibility index (Phi) is 7.50. The van der Waals surface area contributed by atoms with Gasteiger partial charge in [-0.1, -0.05) is 31.7 Å². The normalized spacial score (nSPS) is 19.5. The Balaban J connectivity index is 1.52. The predicted molar refractivity (Wildman–Crippen MR) is 135 cm³/mol. The number of aromatic amines is 1. The van der Waals surface area contributed by atoms with Crippen molar-refractivity contribution in [3.63, 3.8) is 0 Å². The molecule has 11 heteroatoms. The molecule has 38 heavy (non-hydrogen) atoms. The van der Waals surface area contributed by atoms with Crippen LogP contribution < -0.4 is 4.90 Å². The number of nitrogens with zero attached hydrogens (tertiary/aromatic N) is 3. The minimum atomic E-state index is -4.58. The SMILES string of the molecule is O=S(=O)(c1ccc(C(F)(F)F)cc1)N1Cc2c(F)cccc2N(Cc2cnc[nH]2)[C@H](CCC2CCCC2)C1. The first-order chi connectivity index (χ1) is 18.1. The number of rotatable bonds is 7. The van der Waals surface area contributed by atoms with E-state index >= 15 is 4.39 Å². The molecule has 204 valence electrons. The molecule has 0 spiro atoms. The highest BCUT2D eigenvalue weighted by Crippen LogP contribution is 2.37. The van der Waals surface area contributed by atoms with Gasteiger partial charge in [-0.15, -0.1) is 0 Å². The zero-order valence-corrected chi connectivity index (χ0v) is 21.6. The van der Waals surface area contributed by atoms with Crippen molar-refractivity contribution in [3.8, 4) is 0 Å². The number of H-pyrrole nitrogens is 1. The zero-order chi connectivity index (χ0) is 26.9. The third-order valence-corrected chi connectivity index (χ3v) is 9.52. The van der Waals surface area contributed by atoms with Crippen molar-refractivity contribution in [2.45, 2.75) is 68.7 Å². The molecular formula is C27H30F4N4O2S. The van der Waals surface area contributed by atoms with Gasteiger partial charge in [0.05, 0.1) is 29.0 Å². The molecule has 1 aromatic heterocycles. The Hall–Kier alpha value is -2.92. The highest BCUT2D eigenvalue weighted by Gasteiger charge is 2.37. The quantitative estimate of drug-likeness (QED) is 0.360. The molecule has 0 saturated heterocycles. The predicted octanol–water partition coefficient (Wildman–Crippen LogP) is 6.12. The van der Waals surface area contributed by atoms with Crippen molar-refractivity contribution in [1.82, 2.24) is 14.3 Å². The van der Waals surface area contributed by atoms with E-state index < -0.39 is 27.6 Å². The smallest absolute Gasteiger partial charge is 0.361 e. The number of hydrogen-bond acceptors (Lipinski definition) is 4. The summed E-state index contributed by atoms with van der Waals surface area (Å²) in [5.74, 6) is 0.0420. The fraction of sp³-hybridized carbons (Fsp3) is 0.444. The fourth-order valence-corrected chi connectivity index (χ4v) is 7.08. The summed E-state index contributed by atoms with van der Waals surface area (Å²) in [5, 5.41) is 0. The summed E-state index contributed by atoms with van der Waals surface area (Å²) in [6, 6.07) is 7.92. The lowest BCUT2D eigenvalue weighted by Gasteiger charge is -2.34. The van der Waals surface area contributed by atoms with Crippen molar-refractivity contribution in [2.24, 2.45) is 5.92 Å². The first kappa shape index (κ1) is 26.7. The molecule has 2 aliphatic rings. The fourth-order valence-electron chi connectivity index (χ4n) is 5.64. The topological polar surface area (TPSA) is 69.3 Å². The molecule has 5 rings (SSSR count). The molecule has 0 amide bonds. The van der Waals surface area contributed by atoms with Gasteiger partial charge in [-0.25, -0.2) is 17.8 Å². The van der Waals surface area contributed by atoms with Crippen molar-refractivity contribution in [3.05, 3.63) is 77.6 Å². The highest BCUT2D eigenvalue weighted by atomic mass is 32.2. The van der Waals surface area contributed by atoms with Crippen LogP contribution in [0.5, 0.6) is 0 Å². The molecule has 3 aromatic rings. The first-order valence-corrected chi connectivity index (χ1v) is 14.3. The lowest BCUT2D eigenvalue weighted by molar-refractivity contribution is -0.137. The molecule has 1 aliphatic heterocycles. The van der Waals surface area contributed by atoms with E-state index in [0.717, 1.165) is 49.2 Å². The molecule has 2 aromatic carbocycles. The molecule has 2 heterocycles. The summed E-state index contributed by atoms with van der Waals surface area (Å²) in [4.78, 5) is 8.97. The molecule has 1 aliphatic carbocycles. The summed E-state index contributed by atoms with van der Waals surface area (Å²) in [6.07, 6.45) is 4.97. The van der Waals surface area contributed by atoms with Gasteiger partial charge in [0.25, 0.3) is 0 Å². The number of sulfonamides is 1. The van der Waals surface area contributed by atoms with Gasteiger partial charge in [-0.2, -0.15) is 17.5 Å². The van der Waals surface area contributed by atoms with Gasteiger partial charge in [-0.05, 0) is 55.2 Å². The molecule has 1 N–H and O–H groups in total. The largest absolute Gasteiger partial charge is 0.416 e. The number of fused-ring (bicyclic) bond motifs is 1. The minimum absolute atomic E-state index is 0.0817. The summed E-state index contributed by atoms with van der Waals surface area (Å²) < 4.78 is 83.2. The van der Waals surface area contributed by atoms with E-state index in [-0.39, 0.29) is 29.6 Å². The Morgan fingerprint density at radius 1 is 1.03 bits per heavy atom. The summed E-state index contributed by atoms with van der Waals surface area (Å²) >= 11 is 0. The van der Waals surface area contributed by atoms with Gasteiger partial charge in [0.15, 0.2) is 0 Å². The van der Waals surface area contributed by atoms with Gasteiger partial charge >= 0.3 is 6.18 Å². The number of hydrogen-bond donors (Lipinski definition) is 1. The number of benzene rings is 2. The van der Waals surface area contributed by atoms with E-state index in [0.29, 0.717) is 24.6 Å². The van der Waals surface area contributed by atoms with Crippen molar-refractivity contribution < 1.29 is 26.0 Å². The van der Waals surface area contributed by atoms with E-state index in [1.165, 1.54) is 23.2 Å². The van der Waals surface area contributed by atoms with E-state index in [2.05, 4.69) is 9.97 Å². The third kappa shape index (κ3) is 5.58. The van der Waals surface area contributed by atoms with Gasteiger partial charge in [0, 0.05) is 36.6 Å². The van der Waals surface area contributed by atoms with Crippen LogP contribution in [0, 0.1) is 11.7 Å². The number of halogens is 4. The van der Waals surface area contributed by atoms with E-state index in [9.17, 15) is 21.6 Å². The highest BCUT2D eigenvalue weighted by molar-refractivity contribution is 7.89. The maximum atomic E-state index is 15.2. The standard InChI is InChI=1S/C27H30F4N4O2S/c28-25-6-3-7-26-24(25)17-34(38(36,37)23-12-9-20(10-13-23)27(29,30)31)16-22(11-8-19-4-1-2-5-19)35(26)15-21-14-32-18-33-21/h3,6-7,9-10,12-14,18-19,22H,1-2,4-5,8,11,15-17H2,(H,32,33)/t22-/m1/s1. The van der Waals surface area contributed by atoms with Gasteiger partial charge in [0.2, 0.25) is 10.0 Å². The first-order valence-electron chi connectivity index (χ1n) is 12.8. The zero-order valence-electron chi connectivity index (χ0n) is 20.8. The lowest BCUT2D eigenvalue weighted by atomic mass is 9.97. The number of anilines is 1. The van der Waals surface area contributed by atoms with Gasteiger partial charge in [0.1, 0.15) is 5.82 Å². The average Bonchev–Trinajstić information content (AvgIpc) is 3.57. The summed E-state index contributed by atoms with van der Waals surface area (Å²) in [5.41, 5.74) is 0.737. The Labute approximate surface area is 219 Å². The Bertz CT molecular complexity index is 1340. The number of alkyl halides is 3. The van der Waals surface area contributed by atoms with Crippen molar-refractivity contribution in [1.29, 1.82) is 0 Å². The van der Waals surface area contributed by atoms with Crippen LogP contribution in [0.15, 0.2) is 59.9 Å². The Morgan fingerprint density at radius 2 is 1.76 bits per heavy atom. The second kappa shape index (κ2) is 10.7. The average molecular weight is 551 g/mol. The molecular weight excluding hydrogens is 520 g/mol. The molecule has 0 radical (unpaired) electrons. The molecule has 1 saturated carbocycles. The molecule has 6 nitrogen and oxygen atoms in total. The van der Waals surface area contributed by atoms with Gasteiger partial charge in [-0.3, -0.25) is 0 Å². The number of imidazole rings is 1. The van der Waals surface area contributed by atoms with Crippen LogP contribution in [0.3, 0.4) is 0 Å². The molecule has 0 unspecified atom stereocenters. The lowest BCUT2D eigenvalue weighted by Crippen LogP contribution is -2.43. The van der Waals surface area contributed by atoms with Crippen LogP contribution >= 0.6 is 0 Å². The third-order valence-electron chi connectivity index (χ3n) is 7.69. The van der Waals surface area contributed by atoms with Crippen LogP contribution in [-0.4, -0.2) is 35.3 Å². The second-order valence-corrected chi connectivity index (χ2v) is 12.1. The van der Waals surface area contributed by atoms with E-state index in [4.69, 9.17) is 0 Å². The number of aromatic nitrogens is 2. The van der Waals surface area contributed by atoms with Crippen molar-refractivity contribution in [2.75, 3.05) is 11.4 Å². The Morgan fingerprint density at radius 3 is 2.42 bits per heavy atom. The summed E-state index contributed by atoms with van der Waals surface area (Å²) in [6.45, 7) is 0.253. The number of nitrogens with one attached hydrogen (secondary N) is 1. The van der Waals surface area contributed by atoms with Crippen LogP contribution in [0.25, 0.3) is 0 Å². The van der Waals surface area contributed by atoms with Gasteiger partial charge < -0.3 is 9.88 Å². The molecule has 1 fully saturated rings. The van der Waals surface area contributed by atoms with Crippen molar-refractivity contribution >= 4 is 15.7 Å². The second-order valence-electron chi connectivity index (χ2n) is 10.1. The summed E-state index contributed by atoms with van der Waals surface area (Å²) in [7, 11) is -4.21. The van der Waals surface area contributed by atoms with E-state index in [1.807, 2.05) is 4.90 Å². The van der Waals surface area contributed by atoms with E-state index in [1.54, 1.807) is 24.7 Å². The maximum absolute atomic E-state index is 15.2. The minimum Gasteiger partial charge on any atom is -0.361 e. The van der Waals surface area contributed by atoms with Crippen LogP contribution in [0.4, 0.5) is 23.2 Å². The molecule has 1 atom stereocenters. The maximum Gasteiger partial charge on any atom is 0.416 e.